The Balaban J connectivity index is 1.03. The molecule has 386 valence electrons. The maximum Gasteiger partial charge on any atom is 0.251 e. The highest BCUT2D eigenvalue weighted by Crippen LogP contribution is 2.68. The van der Waals surface area contributed by atoms with Crippen LogP contribution in [0.4, 0.5) is 34.1 Å². The molecule has 0 unspecified atom stereocenters. The van der Waals surface area contributed by atoms with E-state index in [4.69, 9.17) is 4.74 Å². The van der Waals surface area contributed by atoms with Crippen molar-refractivity contribution in [1.82, 2.24) is 0 Å². The summed E-state index contributed by atoms with van der Waals surface area (Å²) in [5, 5.41) is 0. The number of aryl methyl sites for hydroxylation is 4. The van der Waals surface area contributed by atoms with E-state index >= 15 is 0 Å². The van der Waals surface area contributed by atoms with Gasteiger partial charge >= 0.3 is 0 Å². The Hall–Kier alpha value is -8.34. The number of hydrogen-bond donors (Lipinski definition) is 0. The molecular formula is C75H67BN2O. The van der Waals surface area contributed by atoms with Crippen molar-refractivity contribution < 1.29 is 4.74 Å². The van der Waals surface area contributed by atoms with Crippen molar-refractivity contribution in [3.8, 4) is 11.5 Å². The monoisotopic (exact) mass is 1020 g/mol. The third-order valence-electron chi connectivity index (χ3n) is 18.2. The van der Waals surface area contributed by atoms with Crippen LogP contribution in [0.15, 0.2) is 206 Å². The minimum Gasteiger partial charge on any atom is -0.458 e. The fourth-order valence-corrected chi connectivity index (χ4v) is 14.7. The summed E-state index contributed by atoms with van der Waals surface area (Å²) in [7, 11) is 0. The molecule has 1 aliphatic carbocycles. The molecule has 14 rings (SSSR count). The highest BCUT2D eigenvalue weighted by atomic mass is 16.5. The van der Waals surface area contributed by atoms with Gasteiger partial charge in [-0.3, -0.25) is 0 Å². The second-order valence-electron chi connectivity index (χ2n) is 24.1. The van der Waals surface area contributed by atoms with Crippen LogP contribution in [0, 0.1) is 27.7 Å². The van der Waals surface area contributed by atoms with Crippen LogP contribution in [-0.4, -0.2) is 6.71 Å². The second kappa shape index (κ2) is 18.1. The van der Waals surface area contributed by atoms with Gasteiger partial charge in [-0.2, -0.15) is 0 Å². The van der Waals surface area contributed by atoms with Crippen LogP contribution in [0.25, 0.3) is 0 Å². The van der Waals surface area contributed by atoms with E-state index in [1.54, 1.807) is 0 Å². The largest absolute Gasteiger partial charge is 0.458 e. The third kappa shape index (κ3) is 6.99. The number of benzene rings is 10. The SMILES string of the molecule is Cc1ccc2c(c1)C1(c3cc(C)ccc3N2c2ccccc2)c2ccccc2C2(c3cc(C)ccc3N(c3ccc4c(c3)Oc3ccccc3B4c3c(C(C)C)cc(C(C)C)cc3C(C)C)c3ccc(C)cc32)c2ccccc21. The first-order chi connectivity index (χ1) is 38.3. The number of rotatable bonds is 6. The maximum atomic E-state index is 7.18. The van der Waals surface area contributed by atoms with Gasteiger partial charge < -0.3 is 14.5 Å². The van der Waals surface area contributed by atoms with Gasteiger partial charge in [0.1, 0.15) is 11.5 Å². The Morgan fingerprint density at radius 2 is 0.734 bits per heavy atom. The molecule has 0 saturated carbocycles. The van der Waals surface area contributed by atoms with E-state index in [2.05, 4.69) is 285 Å². The van der Waals surface area contributed by atoms with Gasteiger partial charge in [0.25, 0.3) is 6.71 Å². The Morgan fingerprint density at radius 1 is 0.342 bits per heavy atom. The lowest BCUT2D eigenvalue weighted by Gasteiger charge is -2.56. The van der Waals surface area contributed by atoms with Crippen LogP contribution in [0.2, 0.25) is 0 Å². The van der Waals surface area contributed by atoms with E-state index in [9.17, 15) is 0 Å². The summed E-state index contributed by atoms with van der Waals surface area (Å²) in [4.78, 5) is 5.04. The Morgan fingerprint density at radius 3 is 1.16 bits per heavy atom. The smallest absolute Gasteiger partial charge is 0.251 e. The zero-order valence-electron chi connectivity index (χ0n) is 47.2. The minimum absolute atomic E-state index is 0.00414. The molecule has 0 radical (unpaired) electrons. The number of anilines is 6. The lowest BCUT2D eigenvalue weighted by molar-refractivity contribution is 0.487. The molecule has 0 atom stereocenters. The molecular weight excluding hydrogens is 956 g/mol. The van der Waals surface area contributed by atoms with E-state index in [0.29, 0.717) is 17.8 Å². The molecule has 0 N–H and O–H groups in total. The van der Waals surface area contributed by atoms with Crippen molar-refractivity contribution in [2.75, 3.05) is 9.80 Å². The summed E-state index contributed by atoms with van der Waals surface area (Å²) >= 11 is 0. The van der Waals surface area contributed by atoms with Gasteiger partial charge in [0.15, 0.2) is 0 Å². The Labute approximate surface area is 468 Å². The maximum absolute atomic E-state index is 7.18. The minimum atomic E-state index is -0.709. The molecule has 79 heavy (non-hydrogen) atoms. The van der Waals surface area contributed by atoms with Crippen LogP contribution in [-0.2, 0) is 10.8 Å². The molecule has 0 aromatic heterocycles. The number of fused-ring (bicyclic) bond motifs is 16. The molecule has 10 aromatic rings. The van der Waals surface area contributed by atoms with Gasteiger partial charge in [-0.25, -0.2) is 0 Å². The van der Waals surface area contributed by atoms with Crippen LogP contribution < -0.4 is 30.9 Å². The summed E-state index contributed by atoms with van der Waals surface area (Å²) in [6, 6.07) is 79.4. The molecule has 4 aliphatic rings. The Kier molecular flexibility index (Phi) is 11.2. The first-order valence-corrected chi connectivity index (χ1v) is 28.7. The van der Waals surface area contributed by atoms with E-state index < -0.39 is 10.8 Å². The number of ether oxygens (including phenoxy) is 1. The third-order valence-corrected chi connectivity index (χ3v) is 18.2. The highest BCUT2D eigenvalue weighted by molar-refractivity contribution is 6.97. The van der Waals surface area contributed by atoms with E-state index in [-0.39, 0.29) is 6.71 Å². The second-order valence-corrected chi connectivity index (χ2v) is 24.1. The fourth-order valence-electron chi connectivity index (χ4n) is 14.7. The predicted octanol–water partition coefficient (Wildman–Crippen LogP) is 17.6. The van der Waals surface area contributed by atoms with Crippen LogP contribution in [0.5, 0.6) is 11.5 Å². The van der Waals surface area contributed by atoms with Crippen LogP contribution in [0.1, 0.15) is 143 Å². The first kappa shape index (κ1) is 49.0. The zero-order valence-corrected chi connectivity index (χ0v) is 47.2. The van der Waals surface area contributed by atoms with Gasteiger partial charge in [-0.1, -0.05) is 221 Å². The molecule has 0 bridgehead atoms. The summed E-state index contributed by atoms with van der Waals surface area (Å²) in [6.45, 7) is 23.1. The molecule has 10 aromatic carbocycles. The lowest BCUT2D eigenvalue weighted by Crippen LogP contribution is -2.57. The molecule has 3 aliphatic heterocycles. The van der Waals surface area contributed by atoms with E-state index in [1.807, 2.05) is 0 Å². The van der Waals surface area contributed by atoms with Crippen LogP contribution >= 0.6 is 0 Å². The molecule has 4 heteroatoms. The van der Waals surface area contributed by atoms with Gasteiger partial charge in [0, 0.05) is 17.4 Å². The molecule has 0 fully saturated rings. The summed E-state index contributed by atoms with van der Waals surface area (Å²) in [5.74, 6) is 2.94. The van der Waals surface area contributed by atoms with Crippen molar-refractivity contribution in [2.24, 2.45) is 0 Å². The van der Waals surface area contributed by atoms with E-state index in [0.717, 1.165) is 34.2 Å². The van der Waals surface area contributed by atoms with E-state index in [1.165, 1.54) is 111 Å². The molecule has 0 amide bonds. The standard InChI is InChI=1S/C75H67BN2O/c1-45(2)52-42-55(46(3)4)73(56(43-52)47(5)6)76-65-26-18-19-27-71(65)79-72-44-54(32-33-66(72)76)78-69-36-30-50(9)40-63(69)75(64-41-51(10)31-37-70(64)78)59-24-16-14-22-57(59)74(58-23-15-17-25-60(58)75)61-38-48(7)28-34-67(61)77(53-20-12-11-13-21-53)68-35-29-49(8)39-62(68)74/h11-47H,1-10H3. The normalized spacial score (nSPS) is 14.8. The lowest BCUT2D eigenvalue weighted by atomic mass is 9.34. The fraction of sp³-hybridized carbons (Fsp3) is 0.200. The Bertz CT molecular complexity index is 3940. The van der Waals surface area contributed by atoms with Crippen molar-refractivity contribution in [3.63, 3.8) is 0 Å². The van der Waals surface area contributed by atoms with Crippen LogP contribution in [0.3, 0.4) is 0 Å². The summed E-state index contributed by atoms with van der Waals surface area (Å²) < 4.78 is 7.18. The average molecular weight is 1020 g/mol. The summed E-state index contributed by atoms with van der Waals surface area (Å²) in [5.41, 5.74) is 28.9. The molecule has 2 spiro atoms. The topological polar surface area (TPSA) is 15.7 Å². The summed E-state index contributed by atoms with van der Waals surface area (Å²) in [6.07, 6.45) is 0. The quantitative estimate of drug-likeness (QED) is 0.154. The highest BCUT2D eigenvalue weighted by Gasteiger charge is 2.59. The first-order valence-electron chi connectivity index (χ1n) is 28.7. The van der Waals surface area contributed by atoms with Gasteiger partial charge in [-0.05, 0) is 166 Å². The van der Waals surface area contributed by atoms with Crippen molar-refractivity contribution in [2.45, 2.75) is 97.8 Å². The number of hydrogen-bond acceptors (Lipinski definition) is 3. The van der Waals surface area contributed by atoms with Gasteiger partial charge in [0.05, 0.1) is 33.6 Å². The average Bonchev–Trinajstić information content (AvgIpc) is 2.95. The predicted molar refractivity (Wildman–Crippen MR) is 332 cm³/mol. The number of nitrogens with zero attached hydrogens (tertiary/aromatic N) is 2. The number of para-hydroxylation sites is 2. The van der Waals surface area contributed by atoms with Crippen molar-refractivity contribution in [1.29, 1.82) is 0 Å². The van der Waals surface area contributed by atoms with Gasteiger partial charge in [0.2, 0.25) is 0 Å². The van der Waals surface area contributed by atoms with Gasteiger partial charge in [-0.15, -0.1) is 0 Å². The van der Waals surface area contributed by atoms with Crippen molar-refractivity contribution >= 4 is 57.2 Å². The zero-order chi connectivity index (χ0) is 54.2. The molecule has 3 heterocycles. The van der Waals surface area contributed by atoms with Crippen molar-refractivity contribution in [3.05, 3.63) is 290 Å². The molecule has 3 nitrogen and oxygen atoms in total. The molecule has 0 saturated heterocycles.